The van der Waals surface area contributed by atoms with Crippen LogP contribution in [0.25, 0.3) is 0 Å². The van der Waals surface area contributed by atoms with Gasteiger partial charge in [-0.25, -0.2) is 4.98 Å². The fourth-order valence-electron chi connectivity index (χ4n) is 3.18. The number of carbonyl (C=O) groups excluding carboxylic acids is 1. The zero-order chi connectivity index (χ0) is 16.2. The second-order valence-electron chi connectivity index (χ2n) is 6.56. The molecule has 1 atom stereocenters. The molecule has 1 amide bonds. The quantitative estimate of drug-likeness (QED) is 0.891. The van der Waals surface area contributed by atoms with Gasteiger partial charge in [-0.2, -0.15) is 5.10 Å². The summed E-state index contributed by atoms with van der Waals surface area (Å²) in [7, 11) is 0. The third-order valence-electron chi connectivity index (χ3n) is 4.54. The Morgan fingerprint density at radius 1 is 1.43 bits per heavy atom. The van der Waals surface area contributed by atoms with E-state index in [2.05, 4.69) is 52.5 Å². The summed E-state index contributed by atoms with van der Waals surface area (Å²) >= 11 is 0. The van der Waals surface area contributed by atoms with E-state index in [0.717, 1.165) is 25.1 Å². The second kappa shape index (κ2) is 6.94. The van der Waals surface area contributed by atoms with Crippen LogP contribution in [0.2, 0.25) is 0 Å². The average Bonchev–Trinajstić information content (AvgIpc) is 3.06. The number of rotatable bonds is 5. The Morgan fingerprint density at radius 3 is 3.04 bits per heavy atom. The average molecular weight is 312 g/mol. The summed E-state index contributed by atoms with van der Waals surface area (Å²) in [6.07, 6.45) is 5.75. The molecule has 0 saturated heterocycles. The van der Waals surface area contributed by atoms with Gasteiger partial charge in [-0.15, -0.1) is 0 Å². The van der Waals surface area contributed by atoms with Gasteiger partial charge in [-0.05, 0) is 41.9 Å². The van der Waals surface area contributed by atoms with Gasteiger partial charge in [0.05, 0.1) is 6.04 Å². The highest BCUT2D eigenvalue weighted by atomic mass is 16.1. The topological polar surface area (TPSA) is 70.7 Å². The molecule has 122 valence electrons. The fourth-order valence-corrected chi connectivity index (χ4v) is 3.18. The van der Waals surface area contributed by atoms with Crippen molar-refractivity contribution in [1.82, 2.24) is 20.5 Å². The smallest absolute Gasteiger partial charge is 0.220 e. The molecule has 1 aliphatic rings. The number of hydrogen-bond acceptors (Lipinski definition) is 3. The highest BCUT2D eigenvalue weighted by Gasteiger charge is 2.22. The third kappa shape index (κ3) is 3.78. The first-order chi connectivity index (χ1) is 11.1. The molecular formula is C18H24N4O. The number of hydrogen-bond donors (Lipinski definition) is 2. The van der Waals surface area contributed by atoms with Crippen molar-refractivity contribution in [2.24, 2.45) is 0 Å². The molecule has 2 aromatic rings. The van der Waals surface area contributed by atoms with Crippen molar-refractivity contribution >= 4 is 5.91 Å². The van der Waals surface area contributed by atoms with Crippen molar-refractivity contribution in [2.45, 2.75) is 57.9 Å². The van der Waals surface area contributed by atoms with Crippen molar-refractivity contribution in [2.75, 3.05) is 0 Å². The van der Waals surface area contributed by atoms with Crippen molar-refractivity contribution in [3.05, 3.63) is 47.0 Å². The van der Waals surface area contributed by atoms with Crippen LogP contribution < -0.4 is 5.32 Å². The summed E-state index contributed by atoms with van der Waals surface area (Å²) in [6.45, 7) is 4.41. The Hall–Kier alpha value is -2.17. The number of aromatic nitrogens is 3. The van der Waals surface area contributed by atoms with Gasteiger partial charge in [0, 0.05) is 12.8 Å². The number of amides is 1. The van der Waals surface area contributed by atoms with E-state index in [1.165, 1.54) is 23.0 Å². The van der Waals surface area contributed by atoms with Gasteiger partial charge in [0.1, 0.15) is 12.2 Å². The summed E-state index contributed by atoms with van der Waals surface area (Å²) < 4.78 is 0. The summed E-state index contributed by atoms with van der Waals surface area (Å²) in [4.78, 5) is 16.3. The number of aryl methyl sites for hydroxylation is 2. The van der Waals surface area contributed by atoms with Crippen LogP contribution in [0.5, 0.6) is 0 Å². The number of nitrogens with one attached hydrogen (secondary N) is 2. The standard InChI is InChI=1S/C18H24N4O/c1-12(2)14-7-6-13-4-3-5-16(15(13)10-14)21-18(23)9-8-17-19-11-20-22-17/h6-7,10-12,16H,3-5,8-9H2,1-2H3,(H,21,23)(H,19,20,22)/t16-/m1/s1. The zero-order valence-corrected chi connectivity index (χ0v) is 13.8. The van der Waals surface area contributed by atoms with Crippen LogP contribution in [0.1, 0.15) is 67.6 Å². The Labute approximate surface area is 136 Å². The number of nitrogens with zero attached hydrogens (tertiary/aromatic N) is 2. The molecule has 0 spiro atoms. The van der Waals surface area contributed by atoms with E-state index >= 15 is 0 Å². The maximum absolute atomic E-state index is 12.3. The van der Waals surface area contributed by atoms with Gasteiger partial charge in [-0.1, -0.05) is 32.0 Å². The van der Waals surface area contributed by atoms with Gasteiger partial charge >= 0.3 is 0 Å². The number of carbonyl (C=O) groups is 1. The van der Waals surface area contributed by atoms with Gasteiger partial charge in [-0.3, -0.25) is 9.89 Å². The summed E-state index contributed by atoms with van der Waals surface area (Å²) in [5, 5.41) is 9.80. The number of H-pyrrole nitrogens is 1. The Balaban J connectivity index is 1.67. The van der Waals surface area contributed by atoms with E-state index in [0.29, 0.717) is 18.8 Å². The largest absolute Gasteiger partial charge is 0.349 e. The minimum Gasteiger partial charge on any atom is -0.349 e. The molecule has 1 aromatic heterocycles. The van der Waals surface area contributed by atoms with Gasteiger partial charge in [0.25, 0.3) is 0 Å². The van der Waals surface area contributed by atoms with Crippen LogP contribution in [0.3, 0.4) is 0 Å². The molecule has 3 rings (SSSR count). The first-order valence-corrected chi connectivity index (χ1v) is 8.40. The van der Waals surface area contributed by atoms with Crippen molar-refractivity contribution in [3.63, 3.8) is 0 Å². The molecule has 0 fully saturated rings. The van der Waals surface area contributed by atoms with Gasteiger partial charge in [0.15, 0.2) is 0 Å². The van der Waals surface area contributed by atoms with E-state index in [9.17, 15) is 4.79 Å². The molecule has 2 N–H and O–H groups in total. The van der Waals surface area contributed by atoms with E-state index in [1.54, 1.807) is 0 Å². The van der Waals surface area contributed by atoms with E-state index in [1.807, 2.05) is 0 Å². The predicted molar refractivity (Wildman–Crippen MR) is 89.1 cm³/mol. The minimum absolute atomic E-state index is 0.0780. The molecule has 0 aliphatic heterocycles. The summed E-state index contributed by atoms with van der Waals surface area (Å²) in [5.74, 6) is 1.34. The van der Waals surface area contributed by atoms with Gasteiger partial charge in [0.2, 0.25) is 5.91 Å². The SMILES string of the molecule is CC(C)c1ccc2c(c1)[C@H](NC(=O)CCc1ncn[nH]1)CCC2. The maximum atomic E-state index is 12.3. The van der Waals surface area contributed by atoms with E-state index in [-0.39, 0.29) is 11.9 Å². The van der Waals surface area contributed by atoms with Crippen molar-refractivity contribution < 1.29 is 4.79 Å². The maximum Gasteiger partial charge on any atom is 0.220 e. The summed E-state index contributed by atoms with van der Waals surface area (Å²) in [6, 6.07) is 6.87. The third-order valence-corrected chi connectivity index (χ3v) is 4.54. The number of fused-ring (bicyclic) bond motifs is 1. The van der Waals surface area contributed by atoms with Crippen LogP contribution in [0, 0.1) is 0 Å². The highest BCUT2D eigenvalue weighted by molar-refractivity contribution is 5.76. The Kier molecular flexibility index (Phi) is 4.74. The lowest BCUT2D eigenvalue weighted by Gasteiger charge is -2.27. The first kappa shape index (κ1) is 15.7. The molecule has 5 heteroatoms. The Morgan fingerprint density at radius 2 is 2.30 bits per heavy atom. The molecule has 0 saturated carbocycles. The lowest BCUT2D eigenvalue weighted by Crippen LogP contribution is -2.31. The second-order valence-corrected chi connectivity index (χ2v) is 6.56. The van der Waals surface area contributed by atoms with Gasteiger partial charge < -0.3 is 5.32 Å². The molecule has 0 bridgehead atoms. The molecule has 0 unspecified atom stereocenters. The lowest BCUT2D eigenvalue weighted by atomic mass is 9.85. The molecule has 23 heavy (non-hydrogen) atoms. The number of benzene rings is 1. The molecule has 5 nitrogen and oxygen atoms in total. The number of aromatic amines is 1. The van der Waals surface area contributed by atoms with Crippen LogP contribution in [-0.4, -0.2) is 21.1 Å². The molecular weight excluding hydrogens is 288 g/mol. The van der Waals surface area contributed by atoms with Crippen LogP contribution in [0.15, 0.2) is 24.5 Å². The molecule has 1 aliphatic carbocycles. The Bertz CT molecular complexity index is 664. The lowest BCUT2D eigenvalue weighted by molar-refractivity contribution is -0.121. The molecule has 1 heterocycles. The molecule has 0 radical (unpaired) electrons. The zero-order valence-electron chi connectivity index (χ0n) is 13.8. The van der Waals surface area contributed by atoms with E-state index < -0.39 is 0 Å². The van der Waals surface area contributed by atoms with Crippen molar-refractivity contribution in [1.29, 1.82) is 0 Å². The van der Waals surface area contributed by atoms with Crippen molar-refractivity contribution in [3.8, 4) is 0 Å². The normalized spacial score (nSPS) is 17.1. The van der Waals surface area contributed by atoms with Crippen LogP contribution >= 0.6 is 0 Å². The highest BCUT2D eigenvalue weighted by Crippen LogP contribution is 2.32. The first-order valence-electron chi connectivity index (χ1n) is 8.40. The minimum atomic E-state index is 0.0780. The molecule has 1 aromatic carbocycles. The predicted octanol–water partition coefficient (Wildman–Crippen LogP) is 3.05. The summed E-state index contributed by atoms with van der Waals surface area (Å²) in [5.41, 5.74) is 4.02. The fraction of sp³-hybridized carbons (Fsp3) is 0.500. The monoisotopic (exact) mass is 312 g/mol. The van der Waals surface area contributed by atoms with Crippen LogP contribution in [-0.2, 0) is 17.6 Å². The van der Waals surface area contributed by atoms with Crippen LogP contribution in [0.4, 0.5) is 0 Å². The van der Waals surface area contributed by atoms with E-state index in [4.69, 9.17) is 0 Å².